The Kier molecular flexibility index (Phi) is 13.7. The summed E-state index contributed by atoms with van der Waals surface area (Å²) in [6.45, 7) is 31.6. The first kappa shape index (κ1) is 38.4. The SMILES string of the molecule is C=C(/C=C(\C(OCc1ccccc1)=C(/C)C(C)(C)C(C)CC)C(C)(CCC)Pc1c(C)cccc1NCc1ccccc1)C(C)(C)C. The molecule has 0 amide bonds. The second kappa shape index (κ2) is 16.8. The summed E-state index contributed by atoms with van der Waals surface area (Å²) in [5.74, 6) is 1.54. The summed E-state index contributed by atoms with van der Waals surface area (Å²) in [5, 5.41) is 5.02. The molecule has 47 heavy (non-hydrogen) atoms. The maximum Gasteiger partial charge on any atom is 0.123 e. The van der Waals surface area contributed by atoms with Crippen LogP contribution in [0.25, 0.3) is 0 Å². The Bertz CT molecular complexity index is 1510. The fourth-order valence-electron chi connectivity index (χ4n) is 5.97. The molecule has 0 fully saturated rings. The van der Waals surface area contributed by atoms with Crippen LogP contribution in [-0.2, 0) is 17.9 Å². The predicted molar refractivity (Wildman–Crippen MR) is 210 cm³/mol. The van der Waals surface area contributed by atoms with Crippen molar-refractivity contribution in [1.82, 2.24) is 0 Å². The van der Waals surface area contributed by atoms with Crippen molar-refractivity contribution in [3.05, 3.63) is 131 Å². The van der Waals surface area contributed by atoms with Gasteiger partial charge in [-0.05, 0) is 76.2 Å². The van der Waals surface area contributed by atoms with Gasteiger partial charge in [0.05, 0.1) is 0 Å². The highest BCUT2D eigenvalue weighted by atomic mass is 31.1. The minimum atomic E-state index is -0.183. The van der Waals surface area contributed by atoms with Gasteiger partial charge < -0.3 is 10.1 Å². The molecule has 2 nitrogen and oxygen atoms in total. The number of hydrogen-bond acceptors (Lipinski definition) is 2. The van der Waals surface area contributed by atoms with Crippen LogP contribution in [0.15, 0.2) is 114 Å². The van der Waals surface area contributed by atoms with Gasteiger partial charge in [0.1, 0.15) is 12.4 Å². The molecule has 254 valence electrons. The minimum Gasteiger partial charge on any atom is -0.489 e. The summed E-state index contributed by atoms with van der Waals surface area (Å²) < 4.78 is 7.10. The summed E-state index contributed by atoms with van der Waals surface area (Å²) in [4.78, 5) is 0. The van der Waals surface area contributed by atoms with Crippen LogP contribution in [0, 0.1) is 23.7 Å². The van der Waals surface area contributed by atoms with Crippen LogP contribution in [0.1, 0.15) is 105 Å². The quantitative estimate of drug-likeness (QED) is 0.0945. The van der Waals surface area contributed by atoms with Gasteiger partial charge in [0.25, 0.3) is 0 Å². The molecule has 0 aromatic heterocycles. The second-order valence-corrected chi connectivity index (χ2v) is 17.0. The minimum absolute atomic E-state index is 0.0514. The summed E-state index contributed by atoms with van der Waals surface area (Å²) in [7, 11) is 0.532. The lowest BCUT2D eigenvalue weighted by molar-refractivity contribution is 0.181. The molecule has 0 aliphatic carbocycles. The van der Waals surface area contributed by atoms with Crippen LogP contribution in [0.2, 0.25) is 0 Å². The van der Waals surface area contributed by atoms with Gasteiger partial charge in [0.15, 0.2) is 0 Å². The molecule has 3 aromatic carbocycles. The van der Waals surface area contributed by atoms with Crippen molar-refractivity contribution in [2.75, 3.05) is 5.32 Å². The van der Waals surface area contributed by atoms with Crippen molar-refractivity contribution in [3.8, 4) is 0 Å². The van der Waals surface area contributed by atoms with Crippen LogP contribution in [0.3, 0.4) is 0 Å². The Morgan fingerprint density at radius 3 is 2.02 bits per heavy atom. The Morgan fingerprint density at radius 1 is 0.872 bits per heavy atom. The number of benzene rings is 3. The summed E-state index contributed by atoms with van der Waals surface area (Å²) >= 11 is 0. The van der Waals surface area contributed by atoms with Gasteiger partial charge in [-0.15, -0.1) is 0 Å². The van der Waals surface area contributed by atoms with Crippen molar-refractivity contribution in [1.29, 1.82) is 0 Å². The summed E-state index contributed by atoms with van der Waals surface area (Å²) in [6.07, 6.45) is 5.61. The van der Waals surface area contributed by atoms with E-state index in [0.29, 0.717) is 21.1 Å². The third-order valence-electron chi connectivity index (χ3n) is 10.2. The van der Waals surface area contributed by atoms with Crippen molar-refractivity contribution >= 4 is 19.6 Å². The molecule has 1 N–H and O–H groups in total. The molecule has 0 aliphatic rings. The monoisotopic (exact) mass is 651 g/mol. The van der Waals surface area contributed by atoms with Gasteiger partial charge in [-0.25, -0.2) is 0 Å². The molecule has 3 atom stereocenters. The van der Waals surface area contributed by atoms with Crippen molar-refractivity contribution in [2.45, 2.75) is 114 Å². The third-order valence-corrected chi connectivity index (χ3v) is 12.2. The number of hydrogen-bond donors (Lipinski definition) is 1. The van der Waals surface area contributed by atoms with Crippen LogP contribution in [0.5, 0.6) is 0 Å². The molecule has 0 spiro atoms. The first-order valence-corrected chi connectivity index (χ1v) is 18.6. The van der Waals surface area contributed by atoms with Crippen LogP contribution >= 0.6 is 8.58 Å². The van der Waals surface area contributed by atoms with Crippen LogP contribution in [0.4, 0.5) is 5.69 Å². The van der Waals surface area contributed by atoms with Crippen LogP contribution in [-0.4, -0.2) is 5.16 Å². The van der Waals surface area contributed by atoms with E-state index in [9.17, 15) is 0 Å². The van der Waals surface area contributed by atoms with Gasteiger partial charge in [0.2, 0.25) is 0 Å². The molecule has 0 bridgehead atoms. The Labute approximate surface area is 290 Å². The van der Waals surface area contributed by atoms with Crippen LogP contribution < -0.4 is 10.6 Å². The molecule has 0 radical (unpaired) electrons. The maximum absolute atomic E-state index is 7.10. The lowest BCUT2D eigenvalue weighted by Crippen LogP contribution is -2.31. The van der Waals surface area contributed by atoms with E-state index in [-0.39, 0.29) is 16.0 Å². The maximum atomic E-state index is 7.10. The number of allylic oxidation sites excluding steroid dienone is 4. The van der Waals surface area contributed by atoms with Gasteiger partial charge in [-0.3, -0.25) is 0 Å². The first-order chi connectivity index (χ1) is 22.1. The van der Waals surface area contributed by atoms with Gasteiger partial charge in [-0.1, -0.05) is 169 Å². The highest BCUT2D eigenvalue weighted by Gasteiger charge is 2.38. The van der Waals surface area contributed by atoms with E-state index in [1.54, 1.807) is 0 Å². The number of ether oxygens (including phenoxy) is 1. The predicted octanol–water partition coefficient (Wildman–Crippen LogP) is 12.6. The molecule has 3 unspecified atom stereocenters. The lowest BCUT2D eigenvalue weighted by Gasteiger charge is -2.40. The molecule has 0 heterocycles. The number of anilines is 1. The molecule has 3 aromatic rings. The van der Waals surface area contributed by atoms with Crippen molar-refractivity contribution in [2.24, 2.45) is 16.7 Å². The second-order valence-electron chi connectivity index (χ2n) is 15.1. The largest absolute Gasteiger partial charge is 0.489 e. The van der Waals surface area contributed by atoms with E-state index < -0.39 is 0 Å². The molecular formula is C44H62NOP. The first-order valence-electron chi connectivity index (χ1n) is 17.6. The Balaban J connectivity index is 2.26. The smallest absolute Gasteiger partial charge is 0.123 e. The summed E-state index contributed by atoms with van der Waals surface area (Å²) in [6, 6.07) is 28.0. The van der Waals surface area contributed by atoms with E-state index in [4.69, 9.17) is 4.74 Å². The third kappa shape index (κ3) is 10.2. The number of rotatable bonds is 16. The van der Waals surface area contributed by atoms with E-state index >= 15 is 0 Å². The van der Waals surface area contributed by atoms with E-state index in [0.717, 1.165) is 37.1 Å². The van der Waals surface area contributed by atoms with E-state index in [1.807, 2.05) is 0 Å². The van der Waals surface area contributed by atoms with Crippen molar-refractivity contribution in [3.63, 3.8) is 0 Å². The standard InChI is InChI=1S/C44H62NOP/c1-13-28-44(12,47-41-32(3)22-21-27-39(41)45-30-36-23-17-15-18-24-36)38(29-34(5)42(7,8)9)40(35(6)43(10,11)33(4)14-2)46-31-37-25-19-16-20-26-37/h15-27,29,33,45,47H,5,13-14,28,30-31H2,1-4,6-12H3/b38-29+,40-35-. The molecular weight excluding hydrogens is 589 g/mol. The molecule has 3 heteroatoms. The van der Waals surface area contributed by atoms with E-state index in [1.165, 1.54) is 38.8 Å². The van der Waals surface area contributed by atoms with Gasteiger partial charge in [-0.2, -0.15) is 0 Å². The average Bonchev–Trinajstić information content (AvgIpc) is 3.04. The van der Waals surface area contributed by atoms with E-state index in [2.05, 4.69) is 173 Å². The highest BCUT2D eigenvalue weighted by molar-refractivity contribution is 7.50. The summed E-state index contributed by atoms with van der Waals surface area (Å²) in [5.41, 5.74) is 8.60. The zero-order valence-corrected chi connectivity index (χ0v) is 32.3. The fourth-order valence-corrected chi connectivity index (χ4v) is 7.80. The number of aryl methyl sites for hydroxylation is 1. The van der Waals surface area contributed by atoms with Gasteiger partial charge in [0, 0.05) is 23.0 Å². The normalized spacial score (nSPS) is 15.3. The highest BCUT2D eigenvalue weighted by Crippen LogP contribution is 2.50. The molecule has 3 rings (SSSR count). The molecule has 0 saturated carbocycles. The zero-order chi connectivity index (χ0) is 34.8. The zero-order valence-electron chi connectivity index (χ0n) is 31.3. The van der Waals surface area contributed by atoms with Crippen molar-refractivity contribution < 1.29 is 4.74 Å². The molecule has 0 saturated heterocycles. The Morgan fingerprint density at radius 2 is 1.47 bits per heavy atom. The average molecular weight is 652 g/mol. The topological polar surface area (TPSA) is 21.3 Å². The number of nitrogens with one attached hydrogen (secondary N) is 1. The van der Waals surface area contributed by atoms with Gasteiger partial charge >= 0.3 is 0 Å². The molecule has 0 aliphatic heterocycles. The lowest BCUT2D eigenvalue weighted by atomic mass is 9.71. The Hall–Kier alpha value is -3.09. The fraction of sp³-hybridized carbons (Fsp3) is 0.455.